The van der Waals surface area contributed by atoms with Crippen molar-refractivity contribution in [2.24, 2.45) is 0 Å². The van der Waals surface area contributed by atoms with Crippen molar-refractivity contribution in [1.29, 1.82) is 0 Å². The van der Waals surface area contributed by atoms with E-state index in [1.807, 2.05) is 25.1 Å². The smallest absolute Gasteiger partial charge is 0.160 e. The Labute approximate surface area is 113 Å². The summed E-state index contributed by atoms with van der Waals surface area (Å²) in [5, 5.41) is 3.90. The fourth-order valence-electron chi connectivity index (χ4n) is 2.09. The van der Waals surface area contributed by atoms with Gasteiger partial charge in [-0.1, -0.05) is 18.1 Å². The summed E-state index contributed by atoms with van der Waals surface area (Å²) in [5.41, 5.74) is 2.10. The summed E-state index contributed by atoms with van der Waals surface area (Å²) in [6, 6.07) is 7.95. The van der Waals surface area contributed by atoms with E-state index in [0.29, 0.717) is 5.92 Å². The SMILES string of the molecule is COc1ccc(C(C)Cc2cc(C)no2)cc1OC. The van der Waals surface area contributed by atoms with Crippen molar-refractivity contribution in [1.82, 2.24) is 5.16 Å². The first-order chi connectivity index (χ1) is 9.13. The topological polar surface area (TPSA) is 44.5 Å². The van der Waals surface area contributed by atoms with Crippen molar-refractivity contribution in [3.8, 4) is 11.5 Å². The molecule has 0 amide bonds. The largest absolute Gasteiger partial charge is 0.493 e. The van der Waals surface area contributed by atoms with Crippen LogP contribution in [0.15, 0.2) is 28.8 Å². The maximum atomic E-state index is 5.32. The molecule has 2 aromatic rings. The summed E-state index contributed by atoms with van der Waals surface area (Å²) < 4.78 is 15.8. The average molecular weight is 261 g/mol. The molecule has 0 saturated heterocycles. The van der Waals surface area contributed by atoms with Crippen molar-refractivity contribution >= 4 is 0 Å². The Balaban J connectivity index is 2.16. The minimum atomic E-state index is 0.326. The molecule has 0 aliphatic heterocycles. The van der Waals surface area contributed by atoms with Crippen LogP contribution in [0.1, 0.15) is 29.9 Å². The van der Waals surface area contributed by atoms with Crippen LogP contribution in [0.25, 0.3) is 0 Å². The Hall–Kier alpha value is -1.97. The molecule has 1 aromatic carbocycles. The Bertz CT molecular complexity index is 548. The summed E-state index contributed by atoms with van der Waals surface area (Å²) in [5.74, 6) is 2.72. The zero-order chi connectivity index (χ0) is 13.8. The first kappa shape index (κ1) is 13.5. The summed E-state index contributed by atoms with van der Waals surface area (Å²) >= 11 is 0. The van der Waals surface area contributed by atoms with Crippen molar-refractivity contribution in [3.05, 3.63) is 41.3 Å². The molecule has 19 heavy (non-hydrogen) atoms. The third-order valence-corrected chi connectivity index (χ3v) is 3.16. The lowest BCUT2D eigenvalue weighted by Gasteiger charge is -2.13. The van der Waals surface area contributed by atoms with Gasteiger partial charge in [-0.05, 0) is 30.5 Å². The fraction of sp³-hybridized carbons (Fsp3) is 0.400. The Morgan fingerprint density at radius 3 is 2.47 bits per heavy atom. The summed E-state index contributed by atoms with van der Waals surface area (Å²) in [6.45, 7) is 4.08. The highest BCUT2D eigenvalue weighted by atomic mass is 16.5. The molecule has 4 heteroatoms. The zero-order valence-corrected chi connectivity index (χ0v) is 11.8. The van der Waals surface area contributed by atoms with Crippen LogP contribution in [0.3, 0.4) is 0 Å². The zero-order valence-electron chi connectivity index (χ0n) is 11.8. The molecular formula is C15H19NO3. The number of aryl methyl sites for hydroxylation is 1. The summed E-state index contributed by atoms with van der Waals surface area (Å²) in [7, 11) is 3.28. The van der Waals surface area contributed by atoms with E-state index in [2.05, 4.69) is 18.1 Å². The molecule has 1 heterocycles. The molecule has 2 rings (SSSR count). The molecule has 0 N–H and O–H groups in total. The molecular weight excluding hydrogens is 242 g/mol. The predicted molar refractivity (Wildman–Crippen MR) is 72.9 cm³/mol. The second-order valence-electron chi connectivity index (χ2n) is 4.65. The normalized spacial score (nSPS) is 12.2. The van der Waals surface area contributed by atoms with E-state index in [9.17, 15) is 0 Å². The number of methoxy groups -OCH3 is 2. The first-order valence-corrected chi connectivity index (χ1v) is 6.28. The van der Waals surface area contributed by atoms with Gasteiger partial charge in [-0.25, -0.2) is 0 Å². The molecule has 0 aliphatic rings. The van der Waals surface area contributed by atoms with Crippen molar-refractivity contribution < 1.29 is 14.0 Å². The standard InChI is InChI=1S/C15H19NO3/c1-10(7-13-8-11(2)16-19-13)12-5-6-14(17-3)15(9-12)18-4/h5-6,8-10H,7H2,1-4H3. The second kappa shape index (κ2) is 5.78. The third kappa shape index (κ3) is 3.08. The molecule has 102 valence electrons. The van der Waals surface area contributed by atoms with E-state index in [-0.39, 0.29) is 0 Å². The van der Waals surface area contributed by atoms with Crippen LogP contribution >= 0.6 is 0 Å². The van der Waals surface area contributed by atoms with E-state index in [1.165, 1.54) is 5.56 Å². The number of nitrogens with zero attached hydrogens (tertiary/aromatic N) is 1. The third-order valence-electron chi connectivity index (χ3n) is 3.16. The Morgan fingerprint density at radius 2 is 1.89 bits per heavy atom. The van der Waals surface area contributed by atoms with Crippen LogP contribution in [-0.2, 0) is 6.42 Å². The van der Waals surface area contributed by atoms with Gasteiger partial charge in [-0.3, -0.25) is 0 Å². The Kier molecular flexibility index (Phi) is 4.10. The second-order valence-corrected chi connectivity index (χ2v) is 4.65. The van der Waals surface area contributed by atoms with Gasteiger partial charge in [-0.15, -0.1) is 0 Å². The highest BCUT2D eigenvalue weighted by Gasteiger charge is 2.13. The van der Waals surface area contributed by atoms with Crippen LogP contribution in [0.2, 0.25) is 0 Å². The highest BCUT2D eigenvalue weighted by molar-refractivity contribution is 5.44. The van der Waals surface area contributed by atoms with Crippen LogP contribution in [0.4, 0.5) is 0 Å². The van der Waals surface area contributed by atoms with Gasteiger partial charge >= 0.3 is 0 Å². The van der Waals surface area contributed by atoms with Gasteiger partial charge in [0.2, 0.25) is 0 Å². The molecule has 4 nitrogen and oxygen atoms in total. The molecule has 0 fully saturated rings. The first-order valence-electron chi connectivity index (χ1n) is 6.28. The van der Waals surface area contributed by atoms with E-state index >= 15 is 0 Å². The van der Waals surface area contributed by atoms with Crippen molar-refractivity contribution in [3.63, 3.8) is 0 Å². The molecule has 1 atom stereocenters. The minimum absolute atomic E-state index is 0.326. The minimum Gasteiger partial charge on any atom is -0.493 e. The number of hydrogen-bond acceptors (Lipinski definition) is 4. The van der Waals surface area contributed by atoms with E-state index in [0.717, 1.165) is 29.4 Å². The quantitative estimate of drug-likeness (QED) is 0.828. The van der Waals surface area contributed by atoms with Gasteiger partial charge < -0.3 is 14.0 Å². The van der Waals surface area contributed by atoms with Gasteiger partial charge in [0.05, 0.1) is 19.9 Å². The van der Waals surface area contributed by atoms with Crippen LogP contribution < -0.4 is 9.47 Å². The van der Waals surface area contributed by atoms with Gasteiger partial charge in [-0.2, -0.15) is 0 Å². The summed E-state index contributed by atoms with van der Waals surface area (Å²) in [6.07, 6.45) is 0.816. The van der Waals surface area contributed by atoms with Gasteiger partial charge in [0.15, 0.2) is 11.5 Å². The number of ether oxygens (including phenoxy) is 2. The van der Waals surface area contributed by atoms with E-state index in [1.54, 1.807) is 14.2 Å². The number of hydrogen-bond donors (Lipinski definition) is 0. The maximum Gasteiger partial charge on any atom is 0.160 e. The molecule has 0 bridgehead atoms. The highest BCUT2D eigenvalue weighted by Crippen LogP contribution is 2.31. The molecule has 0 spiro atoms. The lowest BCUT2D eigenvalue weighted by Crippen LogP contribution is -1.99. The monoisotopic (exact) mass is 261 g/mol. The van der Waals surface area contributed by atoms with Crippen molar-refractivity contribution in [2.45, 2.75) is 26.2 Å². The van der Waals surface area contributed by atoms with Crippen LogP contribution in [-0.4, -0.2) is 19.4 Å². The van der Waals surface area contributed by atoms with Crippen molar-refractivity contribution in [2.75, 3.05) is 14.2 Å². The summed E-state index contributed by atoms with van der Waals surface area (Å²) in [4.78, 5) is 0. The number of benzene rings is 1. The molecule has 0 saturated carbocycles. The Morgan fingerprint density at radius 1 is 1.16 bits per heavy atom. The maximum absolute atomic E-state index is 5.32. The predicted octanol–water partition coefficient (Wildman–Crippen LogP) is 3.35. The van der Waals surface area contributed by atoms with E-state index in [4.69, 9.17) is 14.0 Å². The van der Waals surface area contributed by atoms with Crippen LogP contribution in [0.5, 0.6) is 11.5 Å². The van der Waals surface area contributed by atoms with Gasteiger partial charge in [0.1, 0.15) is 5.76 Å². The van der Waals surface area contributed by atoms with Gasteiger partial charge in [0.25, 0.3) is 0 Å². The van der Waals surface area contributed by atoms with Crippen LogP contribution in [0, 0.1) is 6.92 Å². The van der Waals surface area contributed by atoms with Gasteiger partial charge in [0, 0.05) is 12.5 Å². The average Bonchev–Trinajstić information content (AvgIpc) is 2.83. The lowest BCUT2D eigenvalue weighted by atomic mass is 9.96. The molecule has 1 aromatic heterocycles. The fourth-order valence-corrected chi connectivity index (χ4v) is 2.09. The molecule has 0 radical (unpaired) electrons. The van der Waals surface area contributed by atoms with E-state index < -0.39 is 0 Å². The molecule has 0 aliphatic carbocycles. The number of aromatic nitrogens is 1. The molecule has 1 unspecified atom stereocenters. The lowest BCUT2D eigenvalue weighted by molar-refractivity contribution is 0.353. The number of rotatable bonds is 5.